The fourth-order valence-corrected chi connectivity index (χ4v) is 7.99. The first-order chi connectivity index (χ1) is 34.1. The quantitative estimate of drug-likeness (QED) is 0.0195. The molecular formula is C61H109NO8. The lowest BCUT2D eigenvalue weighted by Gasteiger charge is -2.26. The highest BCUT2D eigenvalue weighted by Gasteiger charge is 2.22. The van der Waals surface area contributed by atoms with Gasteiger partial charge in [0.1, 0.15) is 13.2 Å². The third-order valence-corrected chi connectivity index (χ3v) is 12.5. The van der Waals surface area contributed by atoms with Crippen LogP contribution in [0.5, 0.6) is 0 Å². The number of nitrogens with zero attached hydrogens (tertiary/aromatic N) is 1. The smallest absolute Gasteiger partial charge is 0.306 e. The predicted octanol–water partition coefficient (Wildman–Crippen LogP) is 15.5. The minimum Gasteiger partial charge on any atom is -0.545 e. The third kappa shape index (κ3) is 52.8. The molecule has 9 heteroatoms. The topological polar surface area (TPSA) is 111 Å². The van der Waals surface area contributed by atoms with Crippen LogP contribution < -0.4 is 5.11 Å². The molecule has 0 saturated heterocycles. The largest absolute Gasteiger partial charge is 0.545 e. The molecule has 0 radical (unpaired) electrons. The molecule has 0 fully saturated rings. The molecule has 2 unspecified atom stereocenters. The van der Waals surface area contributed by atoms with Gasteiger partial charge in [0, 0.05) is 12.8 Å². The van der Waals surface area contributed by atoms with Crippen molar-refractivity contribution in [1.82, 2.24) is 0 Å². The lowest BCUT2D eigenvalue weighted by atomic mass is 10.0. The number of unbranched alkanes of at least 4 members (excludes halogenated alkanes) is 28. The van der Waals surface area contributed by atoms with Gasteiger partial charge >= 0.3 is 11.9 Å². The molecule has 0 aromatic carbocycles. The zero-order chi connectivity index (χ0) is 51.3. The molecular weight excluding hydrogens is 875 g/mol. The summed E-state index contributed by atoms with van der Waals surface area (Å²) in [7, 11) is 5.92. The highest BCUT2D eigenvalue weighted by atomic mass is 16.7. The molecule has 0 amide bonds. The minimum absolute atomic E-state index is 0.144. The molecule has 9 nitrogen and oxygen atoms in total. The summed E-state index contributed by atoms with van der Waals surface area (Å²) in [6.45, 7) is 4.71. The first kappa shape index (κ1) is 67.0. The Bertz CT molecular complexity index is 1330. The molecule has 0 aliphatic heterocycles. The molecule has 0 bridgehead atoms. The molecule has 0 aliphatic rings. The van der Waals surface area contributed by atoms with Gasteiger partial charge in [-0.05, 0) is 83.5 Å². The Balaban J connectivity index is 4.21. The van der Waals surface area contributed by atoms with E-state index in [1.165, 1.54) is 141 Å². The van der Waals surface area contributed by atoms with Gasteiger partial charge in [-0.25, -0.2) is 0 Å². The van der Waals surface area contributed by atoms with E-state index in [0.29, 0.717) is 17.4 Å². The molecule has 0 heterocycles. The van der Waals surface area contributed by atoms with E-state index < -0.39 is 24.3 Å². The third-order valence-electron chi connectivity index (χ3n) is 12.5. The Hall–Kier alpha value is -3.01. The second kappa shape index (κ2) is 52.3. The maximum atomic E-state index is 12.9. The summed E-state index contributed by atoms with van der Waals surface area (Å²) >= 11 is 0. The zero-order valence-electron chi connectivity index (χ0n) is 46.1. The van der Waals surface area contributed by atoms with Crippen molar-refractivity contribution in [2.24, 2.45) is 0 Å². The van der Waals surface area contributed by atoms with E-state index in [9.17, 15) is 19.5 Å². The number of rotatable bonds is 53. The zero-order valence-corrected chi connectivity index (χ0v) is 46.1. The summed E-state index contributed by atoms with van der Waals surface area (Å²) in [6.07, 6.45) is 62.7. The predicted molar refractivity (Wildman–Crippen MR) is 292 cm³/mol. The van der Waals surface area contributed by atoms with Crippen molar-refractivity contribution in [3.8, 4) is 0 Å². The number of carboxylic acid groups (broad SMARTS) is 1. The number of hydrogen-bond donors (Lipinski definition) is 0. The number of quaternary nitrogens is 1. The fourth-order valence-electron chi connectivity index (χ4n) is 7.99. The van der Waals surface area contributed by atoms with Gasteiger partial charge in [-0.2, -0.15) is 0 Å². The molecule has 0 spiro atoms. The van der Waals surface area contributed by atoms with Crippen molar-refractivity contribution in [3.05, 3.63) is 60.8 Å². The van der Waals surface area contributed by atoms with Crippen molar-refractivity contribution in [2.75, 3.05) is 47.5 Å². The lowest BCUT2D eigenvalue weighted by Crippen LogP contribution is -2.44. The molecule has 406 valence electrons. The average molecular weight is 985 g/mol. The van der Waals surface area contributed by atoms with Crippen molar-refractivity contribution in [3.63, 3.8) is 0 Å². The number of hydrogen-bond acceptors (Lipinski definition) is 8. The van der Waals surface area contributed by atoms with Crippen LogP contribution in [0.2, 0.25) is 0 Å². The van der Waals surface area contributed by atoms with Crippen molar-refractivity contribution >= 4 is 17.9 Å². The second-order valence-corrected chi connectivity index (χ2v) is 20.6. The molecule has 0 N–H and O–H groups in total. The molecule has 70 heavy (non-hydrogen) atoms. The summed E-state index contributed by atoms with van der Waals surface area (Å²) in [4.78, 5) is 37.2. The maximum Gasteiger partial charge on any atom is 0.306 e. The fraction of sp³-hybridized carbons (Fsp3) is 0.787. The van der Waals surface area contributed by atoms with Gasteiger partial charge in [0.15, 0.2) is 12.4 Å². The number of carbonyl (C=O) groups is 3. The number of allylic oxidation sites excluding steroid dienone is 10. The monoisotopic (exact) mass is 984 g/mol. The van der Waals surface area contributed by atoms with E-state index >= 15 is 0 Å². The van der Waals surface area contributed by atoms with E-state index in [-0.39, 0.29) is 38.6 Å². The van der Waals surface area contributed by atoms with E-state index in [0.717, 1.165) is 77.0 Å². The van der Waals surface area contributed by atoms with Crippen LogP contribution in [0.3, 0.4) is 0 Å². The van der Waals surface area contributed by atoms with Crippen molar-refractivity contribution in [2.45, 2.75) is 264 Å². The number of carboxylic acids is 1. The lowest BCUT2D eigenvalue weighted by molar-refractivity contribution is -0.870. The normalized spacial score (nSPS) is 13.2. The number of esters is 2. The Morgan fingerprint density at radius 2 is 0.771 bits per heavy atom. The van der Waals surface area contributed by atoms with Gasteiger partial charge in [-0.3, -0.25) is 9.59 Å². The highest BCUT2D eigenvalue weighted by Crippen LogP contribution is 2.16. The Morgan fingerprint density at radius 3 is 1.16 bits per heavy atom. The van der Waals surface area contributed by atoms with Crippen LogP contribution in [0.1, 0.15) is 251 Å². The van der Waals surface area contributed by atoms with Gasteiger partial charge in [0.25, 0.3) is 0 Å². The van der Waals surface area contributed by atoms with E-state index in [1.54, 1.807) is 0 Å². The van der Waals surface area contributed by atoms with E-state index in [2.05, 4.69) is 74.6 Å². The van der Waals surface area contributed by atoms with Gasteiger partial charge in [-0.15, -0.1) is 0 Å². The second-order valence-electron chi connectivity index (χ2n) is 20.6. The van der Waals surface area contributed by atoms with Gasteiger partial charge in [-0.1, -0.05) is 216 Å². The minimum atomic E-state index is -1.63. The molecule has 0 aliphatic carbocycles. The van der Waals surface area contributed by atoms with Gasteiger partial charge in [0.2, 0.25) is 0 Å². The van der Waals surface area contributed by atoms with Crippen LogP contribution in [0.15, 0.2) is 60.8 Å². The SMILES string of the molecule is CCCCCC/C=C\C/C=C\CCCCCCCC(=O)OCC(COC(OCC[N+](C)(C)C)C(=O)[O-])OC(=O)CCCCCCCCCCCCCCCC/C=C\C/C=C\C/C=C\CCCCCCC. The summed E-state index contributed by atoms with van der Waals surface area (Å²) < 4.78 is 22.7. The first-order valence-corrected chi connectivity index (χ1v) is 28.9. The highest BCUT2D eigenvalue weighted by molar-refractivity contribution is 5.70. The maximum absolute atomic E-state index is 12.9. The van der Waals surface area contributed by atoms with Crippen LogP contribution in [0, 0.1) is 0 Å². The molecule has 2 atom stereocenters. The van der Waals surface area contributed by atoms with Crippen LogP contribution in [-0.2, 0) is 33.3 Å². The Morgan fingerprint density at radius 1 is 0.429 bits per heavy atom. The summed E-state index contributed by atoms with van der Waals surface area (Å²) in [5.41, 5.74) is 0. The molecule has 0 aromatic rings. The summed E-state index contributed by atoms with van der Waals surface area (Å²) in [6, 6.07) is 0. The number of carbonyl (C=O) groups excluding carboxylic acids is 3. The standard InChI is InChI=1S/C61H109NO8/c1-6-8-10-12-14-16-18-20-22-24-25-26-27-28-29-30-31-32-33-34-35-36-38-40-42-44-46-48-50-52-59(64)70-57(56-69-61(60(65)66)67-54-53-62(3,4)5)55-68-58(63)51-49-47-45-43-41-39-37-23-21-19-17-15-13-11-9-7-2/h17-20,23-25,27-28,37,57,61H,6-16,21-22,26,29-36,38-56H2,1-5H3/b19-17-,20-18-,25-24-,28-27-,37-23-. The Kier molecular flexibility index (Phi) is 50.1. The summed E-state index contributed by atoms with van der Waals surface area (Å²) in [5, 5.41) is 11.8. The summed E-state index contributed by atoms with van der Waals surface area (Å²) in [5.74, 6) is -2.30. The van der Waals surface area contributed by atoms with E-state index in [4.69, 9.17) is 18.9 Å². The van der Waals surface area contributed by atoms with Crippen LogP contribution >= 0.6 is 0 Å². The number of ether oxygens (including phenoxy) is 4. The van der Waals surface area contributed by atoms with Crippen molar-refractivity contribution < 1.29 is 42.9 Å². The molecule has 0 rings (SSSR count). The Labute approximate surface area is 431 Å². The average Bonchev–Trinajstić information content (AvgIpc) is 3.33. The van der Waals surface area contributed by atoms with Crippen LogP contribution in [0.25, 0.3) is 0 Å². The molecule has 0 aromatic heterocycles. The van der Waals surface area contributed by atoms with E-state index in [1.807, 2.05) is 21.1 Å². The van der Waals surface area contributed by atoms with Crippen molar-refractivity contribution in [1.29, 1.82) is 0 Å². The van der Waals surface area contributed by atoms with Gasteiger partial charge in [0.05, 0.1) is 40.3 Å². The van der Waals surface area contributed by atoms with Gasteiger partial charge < -0.3 is 33.3 Å². The number of likely N-dealkylation sites (N-methyl/N-ethyl adjacent to an activating group) is 1. The number of aliphatic carboxylic acids is 1. The van der Waals surface area contributed by atoms with Crippen LogP contribution in [0.4, 0.5) is 0 Å². The molecule has 0 saturated carbocycles. The first-order valence-electron chi connectivity index (χ1n) is 28.9. The van der Waals surface area contributed by atoms with Crippen LogP contribution in [-0.4, -0.2) is 82.3 Å².